The zero-order valence-electron chi connectivity index (χ0n) is 15.9. The van der Waals surface area contributed by atoms with Crippen LogP contribution in [0.25, 0.3) is 5.65 Å². The minimum absolute atomic E-state index is 0.0483. The summed E-state index contributed by atoms with van der Waals surface area (Å²) in [7, 11) is 0. The molecule has 1 saturated carbocycles. The molecule has 3 aromatic rings. The Kier molecular flexibility index (Phi) is 5.29. The van der Waals surface area contributed by atoms with Gasteiger partial charge in [-0.15, -0.1) is 0 Å². The highest BCUT2D eigenvalue weighted by molar-refractivity contribution is 5.93. The van der Waals surface area contributed by atoms with Crippen molar-refractivity contribution in [1.82, 2.24) is 24.4 Å². The monoisotopic (exact) mass is 419 g/mol. The van der Waals surface area contributed by atoms with Crippen molar-refractivity contribution in [3.05, 3.63) is 54.4 Å². The Labute approximate surface area is 169 Å². The summed E-state index contributed by atoms with van der Waals surface area (Å²) in [6, 6.07) is 4.83. The third-order valence-electron chi connectivity index (χ3n) is 5.27. The molecule has 0 spiro atoms. The van der Waals surface area contributed by atoms with Gasteiger partial charge in [0.2, 0.25) is 0 Å². The van der Waals surface area contributed by atoms with Crippen molar-refractivity contribution < 1.29 is 18.0 Å². The predicted molar refractivity (Wildman–Crippen MR) is 102 cm³/mol. The van der Waals surface area contributed by atoms with E-state index in [1.54, 1.807) is 12.1 Å². The fraction of sp³-hybridized carbons (Fsp3) is 0.368. The average Bonchev–Trinajstić information content (AvgIpc) is 3.20. The van der Waals surface area contributed by atoms with Gasteiger partial charge in [-0.05, 0) is 37.8 Å². The number of alkyl halides is 3. The number of halogens is 3. The molecule has 11 heteroatoms. The van der Waals surface area contributed by atoms with E-state index in [0.29, 0.717) is 37.1 Å². The smallest absolute Gasteiger partial charge is 0.368 e. The number of imidazole rings is 1. The van der Waals surface area contributed by atoms with Crippen LogP contribution in [0.5, 0.6) is 0 Å². The van der Waals surface area contributed by atoms with Crippen molar-refractivity contribution in [3.8, 4) is 0 Å². The molecule has 1 amide bonds. The Morgan fingerprint density at radius 3 is 2.53 bits per heavy atom. The lowest BCUT2D eigenvalue weighted by Crippen LogP contribution is -2.48. The molecule has 4 rings (SSSR count). The summed E-state index contributed by atoms with van der Waals surface area (Å²) in [4.78, 5) is 23.8. The highest BCUT2D eigenvalue weighted by Crippen LogP contribution is 2.30. The van der Waals surface area contributed by atoms with Gasteiger partial charge in [-0.3, -0.25) is 14.2 Å². The molecule has 0 unspecified atom stereocenters. The molecule has 1 aliphatic carbocycles. The predicted octanol–water partition coefficient (Wildman–Crippen LogP) is 2.88. The maximum atomic E-state index is 13.0. The standard InChI is InChI=1S/C19H20F3N7O/c20-19(21,22)15-10-28-16(2-1-3-17(28)27-15)26-13-4-6-14(7-5-13)29(23)18(30)12-8-24-11-25-9-12/h1-3,8-11,13-14,26H,4-7,23H2. The minimum atomic E-state index is -4.50. The summed E-state index contributed by atoms with van der Waals surface area (Å²) in [5.74, 6) is 6.23. The first-order chi connectivity index (χ1) is 14.3. The average molecular weight is 419 g/mol. The van der Waals surface area contributed by atoms with E-state index in [-0.39, 0.29) is 23.6 Å². The first-order valence-electron chi connectivity index (χ1n) is 9.48. The Bertz CT molecular complexity index is 1030. The first kappa shape index (κ1) is 20.1. The van der Waals surface area contributed by atoms with Crippen LogP contribution in [-0.2, 0) is 6.18 Å². The molecule has 3 heterocycles. The van der Waals surface area contributed by atoms with E-state index in [1.807, 2.05) is 0 Å². The van der Waals surface area contributed by atoms with Gasteiger partial charge in [0.25, 0.3) is 5.91 Å². The van der Waals surface area contributed by atoms with Gasteiger partial charge in [0.15, 0.2) is 5.69 Å². The molecule has 0 bridgehead atoms. The van der Waals surface area contributed by atoms with E-state index >= 15 is 0 Å². The van der Waals surface area contributed by atoms with Gasteiger partial charge in [-0.1, -0.05) is 6.07 Å². The van der Waals surface area contributed by atoms with E-state index < -0.39 is 11.9 Å². The summed E-state index contributed by atoms with van der Waals surface area (Å²) in [5.41, 5.74) is -0.375. The number of rotatable bonds is 4. The van der Waals surface area contributed by atoms with E-state index in [2.05, 4.69) is 20.3 Å². The molecule has 158 valence electrons. The zero-order valence-corrected chi connectivity index (χ0v) is 15.9. The van der Waals surface area contributed by atoms with Crippen molar-refractivity contribution in [2.24, 2.45) is 5.84 Å². The lowest BCUT2D eigenvalue weighted by atomic mass is 9.90. The number of aromatic nitrogens is 4. The second kappa shape index (κ2) is 7.90. The molecule has 1 aliphatic rings. The summed E-state index contributed by atoms with van der Waals surface area (Å²) in [5, 5.41) is 4.52. The van der Waals surface area contributed by atoms with Crippen LogP contribution in [0.3, 0.4) is 0 Å². The number of hydrazine groups is 1. The molecular weight excluding hydrogens is 399 g/mol. The molecular formula is C19H20F3N7O. The largest absolute Gasteiger partial charge is 0.434 e. The maximum Gasteiger partial charge on any atom is 0.434 e. The van der Waals surface area contributed by atoms with Crippen LogP contribution in [0.4, 0.5) is 19.0 Å². The molecule has 30 heavy (non-hydrogen) atoms. The number of nitrogens with two attached hydrogens (primary N) is 1. The maximum absolute atomic E-state index is 13.0. The summed E-state index contributed by atoms with van der Waals surface area (Å²) < 4.78 is 40.3. The van der Waals surface area contributed by atoms with Gasteiger partial charge >= 0.3 is 6.18 Å². The van der Waals surface area contributed by atoms with Crippen molar-refractivity contribution in [2.75, 3.05) is 5.32 Å². The fourth-order valence-electron chi connectivity index (χ4n) is 3.70. The Hall–Kier alpha value is -3.21. The van der Waals surface area contributed by atoms with Crippen LogP contribution >= 0.6 is 0 Å². The van der Waals surface area contributed by atoms with Gasteiger partial charge in [0.1, 0.15) is 17.8 Å². The number of hydrogen-bond acceptors (Lipinski definition) is 6. The third kappa shape index (κ3) is 4.06. The van der Waals surface area contributed by atoms with Crippen LogP contribution in [0.1, 0.15) is 41.7 Å². The number of amides is 1. The second-order valence-electron chi connectivity index (χ2n) is 7.25. The minimum Gasteiger partial charge on any atom is -0.368 e. The molecule has 1 fully saturated rings. The van der Waals surface area contributed by atoms with Gasteiger partial charge in [0.05, 0.1) is 5.56 Å². The Balaban J connectivity index is 1.40. The number of pyridine rings is 1. The Morgan fingerprint density at radius 2 is 1.87 bits per heavy atom. The molecule has 8 nitrogen and oxygen atoms in total. The number of anilines is 1. The van der Waals surface area contributed by atoms with Crippen molar-refractivity contribution in [3.63, 3.8) is 0 Å². The van der Waals surface area contributed by atoms with Gasteiger partial charge < -0.3 is 5.32 Å². The highest BCUT2D eigenvalue weighted by Gasteiger charge is 2.34. The lowest BCUT2D eigenvalue weighted by molar-refractivity contribution is -0.140. The molecule has 3 N–H and O–H groups in total. The number of nitrogens with one attached hydrogen (secondary N) is 1. The van der Waals surface area contributed by atoms with Gasteiger partial charge in [-0.2, -0.15) is 13.2 Å². The number of carbonyl (C=O) groups is 1. The normalized spacial score (nSPS) is 19.6. The number of hydrogen-bond donors (Lipinski definition) is 2. The van der Waals surface area contributed by atoms with Crippen LogP contribution in [0, 0.1) is 0 Å². The Morgan fingerprint density at radius 1 is 1.17 bits per heavy atom. The number of nitrogens with zero attached hydrogens (tertiary/aromatic N) is 5. The van der Waals surface area contributed by atoms with E-state index in [9.17, 15) is 18.0 Å². The molecule has 0 saturated heterocycles. The summed E-state index contributed by atoms with van der Waals surface area (Å²) in [6.07, 6.45) is 3.44. The van der Waals surface area contributed by atoms with Gasteiger partial charge in [0, 0.05) is 30.7 Å². The quantitative estimate of drug-likeness (QED) is 0.383. The number of fused-ring (bicyclic) bond motifs is 1. The molecule has 3 aromatic heterocycles. The lowest BCUT2D eigenvalue weighted by Gasteiger charge is -2.34. The van der Waals surface area contributed by atoms with Crippen molar-refractivity contribution in [2.45, 2.75) is 43.9 Å². The van der Waals surface area contributed by atoms with E-state index in [4.69, 9.17) is 5.84 Å². The molecule has 0 radical (unpaired) electrons. The van der Waals surface area contributed by atoms with E-state index in [1.165, 1.54) is 34.2 Å². The third-order valence-corrected chi connectivity index (χ3v) is 5.27. The second-order valence-corrected chi connectivity index (χ2v) is 7.25. The molecule has 0 atom stereocenters. The summed E-state index contributed by atoms with van der Waals surface area (Å²) in [6.45, 7) is 0. The van der Waals surface area contributed by atoms with Crippen LogP contribution < -0.4 is 11.2 Å². The topological polar surface area (TPSA) is 101 Å². The van der Waals surface area contributed by atoms with Crippen LogP contribution in [-0.4, -0.2) is 42.4 Å². The molecule has 0 aliphatic heterocycles. The van der Waals surface area contributed by atoms with Crippen molar-refractivity contribution >= 4 is 17.4 Å². The fourth-order valence-corrected chi connectivity index (χ4v) is 3.70. The van der Waals surface area contributed by atoms with Gasteiger partial charge in [-0.25, -0.2) is 20.8 Å². The number of carbonyl (C=O) groups excluding carboxylic acids is 1. The highest BCUT2D eigenvalue weighted by atomic mass is 19.4. The summed E-state index contributed by atoms with van der Waals surface area (Å²) >= 11 is 0. The van der Waals surface area contributed by atoms with E-state index in [0.717, 1.165) is 6.20 Å². The SMILES string of the molecule is NN(C(=O)c1cncnc1)C1CCC(Nc2cccc3nc(C(F)(F)F)cn23)CC1. The van der Waals surface area contributed by atoms with Crippen LogP contribution in [0.2, 0.25) is 0 Å². The van der Waals surface area contributed by atoms with Crippen LogP contribution in [0.15, 0.2) is 43.1 Å². The first-order valence-corrected chi connectivity index (χ1v) is 9.48. The van der Waals surface area contributed by atoms with Crippen molar-refractivity contribution in [1.29, 1.82) is 0 Å². The zero-order chi connectivity index (χ0) is 21.3. The molecule has 0 aromatic carbocycles.